The lowest BCUT2D eigenvalue weighted by molar-refractivity contribution is -0.199. The van der Waals surface area contributed by atoms with Crippen molar-refractivity contribution in [3.05, 3.63) is 53.4 Å². The molecule has 320 valence electrons. The van der Waals surface area contributed by atoms with E-state index in [1.807, 2.05) is 13.1 Å². The van der Waals surface area contributed by atoms with Gasteiger partial charge in [-0.05, 0) is 86.9 Å². The minimum atomic E-state index is -0.618. The molecule has 4 fully saturated rings. The van der Waals surface area contributed by atoms with Crippen LogP contribution in [0.1, 0.15) is 77.7 Å². The van der Waals surface area contributed by atoms with E-state index in [4.69, 9.17) is 24.9 Å². The molecule has 3 aliphatic heterocycles. The number of piperazine rings is 1. The van der Waals surface area contributed by atoms with E-state index >= 15 is 0 Å². The van der Waals surface area contributed by atoms with Gasteiger partial charge in [0.2, 0.25) is 0 Å². The molecule has 58 heavy (non-hydrogen) atoms. The first-order valence-electron chi connectivity index (χ1n) is 21.1. The summed E-state index contributed by atoms with van der Waals surface area (Å²) in [6, 6.07) is 10.6. The second kappa shape index (κ2) is 19.6. The van der Waals surface area contributed by atoms with Crippen molar-refractivity contribution in [1.82, 2.24) is 14.8 Å². The summed E-state index contributed by atoms with van der Waals surface area (Å²) in [4.78, 5) is 44.1. The molecule has 0 bridgehead atoms. The number of hydrogen-bond donors (Lipinski definition) is 1. The van der Waals surface area contributed by atoms with Crippen molar-refractivity contribution in [2.75, 3.05) is 107 Å². The molecule has 3 atom stereocenters. The van der Waals surface area contributed by atoms with Crippen LogP contribution in [0, 0.1) is 10.8 Å². The Morgan fingerprint density at radius 2 is 1.79 bits per heavy atom. The third-order valence-corrected chi connectivity index (χ3v) is 12.5. The summed E-state index contributed by atoms with van der Waals surface area (Å²) in [7, 11) is 1.71. The second-order valence-electron chi connectivity index (χ2n) is 17.7. The van der Waals surface area contributed by atoms with E-state index in [0.717, 1.165) is 104 Å². The van der Waals surface area contributed by atoms with E-state index < -0.39 is 6.04 Å². The van der Waals surface area contributed by atoms with Crippen LogP contribution in [0.4, 0.5) is 21.6 Å². The molecular weight excluding hydrogens is 742 g/mol. The number of ether oxygens (including phenoxy) is 3. The lowest BCUT2D eigenvalue weighted by atomic mass is 9.76. The van der Waals surface area contributed by atoms with Crippen molar-refractivity contribution < 1.29 is 33.3 Å². The van der Waals surface area contributed by atoms with E-state index in [1.54, 1.807) is 7.11 Å². The number of rotatable bonds is 23. The lowest BCUT2D eigenvalue weighted by Crippen LogP contribution is -2.70. The van der Waals surface area contributed by atoms with E-state index in [2.05, 4.69) is 87.5 Å². The average Bonchev–Trinajstić information content (AvgIpc) is 4.05. The quantitative estimate of drug-likeness (QED) is 0.147. The highest BCUT2D eigenvalue weighted by Crippen LogP contribution is 2.41. The minimum absolute atomic E-state index is 0.0908. The van der Waals surface area contributed by atoms with Crippen LogP contribution in [0.25, 0.3) is 5.70 Å². The highest BCUT2D eigenvalue weighted by molar-refractivity contribution is 5.84. The maximum atomic E-state index is 13.1. The molecule has 2 aromatic rings. The normalized spacial score (nSPS) is 20.4. The van der Waals surface area contributed by atoms with Gasteiger partial charge in [-0.1, -0.05) is 13.8 Å². The molecule has 1 spiro atoms. The van der Waals surface area contributed by atoms with Gasteiger partial charge in [0.1, 0.15) is 12.9 Å². The SMILES string of the molecule is CCN(/C(=C(\C)CC(C)(C)COC=O)c1cc(N2CCN(C3CC3)CC2)cnc1C(C)OC)c1ccc(N(CCOF)CCC(C(N)C=O)N2CC3(COC3)C2)cc1. The first kappa shape index (κ1) is 43.9. The zero-order chi connectivity index (χ0) is 41.5. The van der Waals surface area contributed by atoms with Crippen LogP contribution < -0.4 is 20.4 Å². The Morgan fingerprint density at radius 3 is 2.36 bits per heavy atom. The monoisotopic (exact) mass is 808 g/mol. The Labute approximate surface area is 344 Å². The Kier molecular flexibility index (Phi) is 14.8. The number of aromatic nitrogens is 1. The van der Waals surface area contributed by atoms with Gasteiger partial charge in [-0.3, -0.25) is 19.6 Å². The number of aldehydes is 1. The van der Waals surface area contributed by atoms with Gasteiger partial charge >= 0.3 is 0 Å². The molecule has 1 aromatic carbocycles. The maximum Gasteiger partial charge on any atom is 0.293 e. The molecule has 4 heterocycles. The van der Waals surface area contributed by atoms with Crippen molar-refractivity contribution in [2.24, 2.45) is 16.6 Å². The fourth-order valence-electron chi connectivity index (χ4n) is 9.21. The summed E-state index contributed by atoms with van der Waals surface area (Å²) < 4.78 is 29.8. The summed E-state index contributed by atoms with van der Waals surface area (Å²) in [6.45, 7) is 20.1. The fourth-order valence-corrected chi connectivity index (χ4v) is 9.21. The Hall–Kier alpha value is -3.66. The molecule has 1 aliphatic carbocycles. The number of likely N-dealkylation sites (tertiary alicyclic amines) is 1. The van der Waals surface area contributed by atoms with Gasteiger partial charge in [0.05, 0.1) is 49.5 Å². The predicted molar refractivity (Wildman–Crippen MR) is 225 cm³/mol. The summed E-state index contributed by atoms with van der Waals surface area (Å²) in [6.07, 6.45) is 6.48. The van der Waals surface area contributed by atoms with Gasteiger partial charge in [0, 0.05) is 112 Å². The van der Waals surface area contributed by atoms with Crippen molar-refractivity contribution in [1.29, 1.82) is 0 Å². The van der Waals surface area contributed by atoms with Crippen LogP contribution >= 0.6 is 0 Å². The Morgan fingerprint density at radius 1 is 1.10 bits per heavy atom. The highest BCUT2D eigenvalue weighted by Gasteiger charge is 2.51. The van der Waals surface area contributed by atoms with E-state index in [-0.39, 0.29) is 36.2 Å². The Balaban J connectivity index is 1.31. The van der Waals surface area contributed by atoms with Crippen LogP contribution in [0.3, 0.4) is 0 Å². The zero-order valence-corrected chi connectivity index (χ0v) is 35.5. The summed E-state index contributed by atoms with van der Waals surface area (Å²) in [5, 5.41) is 0. The molecule has 1 aromatic heterocycles. The van der Waals surface area contributed by atoms with E-state index in [0.29, 0.717) is 38.9 Å². The topological polar surface area (TPSA) is 126 Å². The number of halogens is 1. The van der Waals surface area contributed by atoms with E-state index in [1.165, 1.54) is 12.8 Å². The van der Waals surface area contributed by atoms with Crippen molar-refractivity contribution in [3.8, 4) is 0 Å². The van der Waals surface area contributed by atoms with Crippen molar-refractivity contribution in [3.63, 3.8) is 0 Å². The smallest absolute Gasteiger partial charge is 0.293 e. The lowest BCUT2D eigenvalue weighted by Gasteiger charge is -2.58. The van der Waals surface area contributed by atoms with Crippen LogP contribution in [0.2, 0.25) is 0 Å². The third kappa shape index (κ3) is 10.4. The number of carbonyl (C=O) groups excluding carboxylic acids is 2. The molecule has 1 saturated carbocycles. The molecule has 0 amide bonds. The number of anilines is 3. The maximum absolute atomic E-state index is 13.1. The van der Waals surface area contributed by atoms with Gasteiger partial charge in [0.15, 0.2) is 0 Å². The number of nitrogens with zero attached hydrogens (tertiary/aromatic N) is 6. The van der Waals surface area contributed by atoms with Gasteiger partial charge in [-0.2, -0.15) is 4.94 Å². The Bertz CT molecular complexity index is 1690. The molecular formula is C44H66FN7O6. The summed E-state index contributed by atoms with van der Waals surface area (Å²) in [5.74, 6) is 0. The molecule has 3 saturated heterocycles. The van der Waals surface area contributed by atoms with Crippen molar-refractivity contribution >= 4 is 35.5 Å². The van der Waals surface area contributed by atoms with Gasteiger partial charge in [-0.25, -0.2) is 0 Å². The van der Waals surface area contributed by atoms with Crippen LogP contribution in [0.15, 0.2) is 42.1 Å². The van der Waals surface area contributed by atoms with E-state index in [9.17, 15) is 14.1 Å². The molecule has 14 heteroatoms. The fraction of sp³-hybridized carbons (Fsp3) is 0.659. The van der Waals surface area contributed by atoms with Gasteiger partial charge in [-0.15, -0.1) is 0 Å². The number of methoxy groups -OCH3 is 1. The molecule has 4 aliphatic rings. The summed E-state index contributed by atoms with van der Waals surface area (Å²) in [5.41, 5.74) is 13.2. The van der Waals surface area contributed by atoms with Gasteiger partial charge in [0.25, 0.3) is 6.47 Å². The minimum Gasteiger partial charge on any atom is -0.467 e. The number of nitrogens with two attached hydrogens (primary N) is 1. The predicted octanol–water partition coefficient (Wildman–Crippen LogP) is 5.24. The van der Waals surface area contributed by atoms with Crippen LogP contribution in [-0.2, 0) is 28.7 Å². The van der Waals surface area contributed by atoms with Gasteiger partial charge < -0.3 is 39.4 Å². The molecule has 2 N–H and O–H groups in total. The zero-order valence-electron chi connectivity index (χ0n) is 35.5. The number of carbonyl (C=O) groups is 2. The van der Waals surface area contributed by atoms with Crippen LogP contribution in [-0.4, -0.2) is 138 Å². The highest BCUT2D eigenvalue weighted by atomic mass is 19.3. The number of pyridine rings is 1. The first-order chi connectivity index (χ1) is 27.9. The first-order valence-corrected chi connectivity index (χ1v) is 21.1. The molecule has 3 unspecified atom stereocenters. The summed E-state index contributed by atoms with van der Waals surface area (Å²) >= 11 is 0. The second-order valence-corrected chi connectivity index (χ2v) is 17.7. The molecule has 6 rings (SSSR count). The number of allylic oxidation sites excluding steroid dienone is 1. The average molecular weight is 808 g/mol. The number of benzene rings is 1. The standard InChI is InChI=1S/C44H66FN7O6/c1-7-52(36-12-10-34(11-13-36)48(20-21-58-45)15-14-40(39(46)25-53)51-26-44(27-51)29-56-30-44)42(32(2)23-43(4,5)28-57-31-54)38-22-37(24-47-41(38)33(3)55-6)50-18-16-49(17-19-50)35-8-9-35/h10-13,22,24-25,31,33,35,39-40H,7-9,14-21,23,26-30,46H2,1-6H3/b42-32+. The molecule has 0 radical (unpaired) electrons. The van der Waals surface area contributed by atoms with Crippen molar-refractivity contribution in [2.45, 2.75) is 84.5 Å². The molecule has 13 nitrogen and oxygen atoms in total. The number of hydrogen-bond acceptors (Lipinski definition) is 13. The van der Waals surface area contributed by atoms with Crippen LogP contribution in [0.5, 0.6) is 0 Å². The largest absolute Gasteiger partial charge is 0.467 e. The third-order valence-electron chi connectivity index (χ3n) is 12.5.